The van der Waals surface area contributed by atoms with Gasteiger partial charge in [0.25, 0.3) is 5.91 Å². The van der Waals surface area contributed by atoms with Crippen LogP contribution in [0.5, 0.6) is 0 Å². The van der Waals surface area contributed by atoms with E-state index in [2.05, 4.69) is 45.7 Å². The van der Waals surface area contributed by atoms with Gasteiger partial charge in [0.2, 0.25) is 10.0 Å². The van der Waals surface area contributed by atoms with E-state index in [1.54, 1.807) is 18.2 Å². The summed E-state index contributed by atoms with van der Waals surface area (Å²) in [6.07, 6.45) is 3.00. The third kappa shape index (κ3) is 5.98. The second-order valence-electron chi connectivity index (χ2n) is 8.69. The smallest absolute Gasteiger partial charge is 0.264 e. The van der Waals surface area contributed by atoms with Gasteiger partial charge in [-0.1, -0.05) is 81.3 Å². The molecule has 0 fully saturated rings. The zero-order valence-corrected chi connectivity index (χ0v) is 21.0. The van der Waals surface area contributed by atoms with Crippen LogP contribution in [0.1, 0.15) is 54.9 Å². The first-order valence-corrected chi connectivity index (χ1v) is 13.7. The van der Waals surface area contributed by atoms with Crippen molar-refractivity contribution in [1.29, 1.82) is 0 Å². The Labute approximate surface area is 207 Å². The molecule has 3 aromatic carbocycles. The molecule has 4 aromatic rings. The fraction of sp³-hybridized carbons (Fsp3) is 0.286. The Bertz CT molecular complexity index is 1410. The molecule has 1 N–H and O–H groups in total. The molecular weight excluding hydrogens is 458 g/mol. The SMILES string of the molecule is CCCCCS(=O)(=O)NC(=O)c1ccc2nc(CC)n(Cc3ccc(-c4ccccc4)cc3)c2c1. The van der Waals surface area contributed by atoms with E-state index >= 15 is 0 Å². The highest BCUT2D eigenvalue weighted by molar-refractivity contribution is 7.90. The number of aryl methyl sites for hydroxylation is 1. The summed E-state index contributed by atoms with van der Waals surface area (Å²) in [5.74, 6) is 0.254. The number of carbonyl (C=O) groups is 1. The summed E-state index contributed by atoms with van der Waals surface area (Å²) in [6, 6.07) is 23.8. The molecule has 0 spiro atoms. The number of amides is 1. The van der Waals surface area contributed by atoms with E-state index in [0.717, 1.165) is 47.2 Å². The van der Waals surface area contributed by atoms with Crippen LogP contribution in [0, 0.1) is 0 Å². The Hall–Kier alpha value is -3.45. The molecule has 1 amide bonds. The molecule has 0 atom stereocenters. The van der Waals surface area contributed by atoms with Crippen molar-refractivity contribution >= 4 is 27.0 Å². The summed E-state index contributed by atoms with van der Waals surface area (Å²) < 4.78 is 28.9. The quantitative estimate of drug-likeness (QED) is 0.296. The van der Waals surface area contributed by atoms with Gasteiger partial charge in [-0.05, 0) is 41.3 Å². The maximum absolute atomic E-state index is 12.7. The number of nitrogens with one attached hydrogen (secondary N) is 1. The highest BCUT2D eigenvalue weighted by Gasteiger charge is 2.18. The molecule has 0 saturated heterocycles. The Balaban J connectivity index is 1.58. The number of sulfonamides is 1. The number of unbranched alkanes of at least 4 members (excludes halogenated alkanes) is 2. The van der Waals surface area contributed by atoms with Crippen LogP contribution in [-0.2, 0) is 23.0 Å². The highest BCUT2D eigenvalue weighted by Crippen LogP contribution is 2.23. The first-order valence-electron chi connectivity index (χ1n) is 12.1. The van der Waals surface area contributed by atoms with Gasteiger partial charge < -0.3 is 4.57 Å². The summed E-state index contributed by atoms with van der Waals surface area (Å²) in [4.78, 5) is 17.5. The number of imidazole rings is 1. The van der Waals surface area contributed by atoms with Crippen molar-refractivity contribution in [3.8, 4) is 11.1 Å². The van der Waals surface area contributed by atoms with Crippen LogP contribution in [0.25, 0.3) is 22.2 Å². The third-order valence-electron chi connectivity index (χ3n) is 6.07. The summed E-state index contributed by atoms with van der Waals surface area (Å²) in [5, 5.41) is 0. The van der Waals surface area contributed by atoms with Crippen molar-refractivity contribution in [1.82, 2.24) is 14.3 Å². The fourth-order valence-corrected chi connectivity index (χ4v) is 5.26. The molecule has 0 saturated carbocycles. The van der Waals surface area contributed by atoms with Gasteiger partial charge in [-0.25, -0.2) is 18.1 Å². The lowest BCUT2D eigenvalue weighted by atomic mass is 10.0. The summed E-state index contributed by atoms with van der Waals surface area (Å²) in [6.45, 7) is 4.66. The molecule has 0 aliphatic heterocycles. The van der Waals surface area contributed by atoms with Crippen LogP contribution in [0.4, 0.5) is 0 Å². The lowest BCUT2D eigenvalue weighted by molar-refractivity contribution is 0.0981. The van der Waals surface area contributed by atoms with Gasteiger partial charge in [0.1, 0.15) is 5.82 Å². The summed E-state index contributed by atoms with van der Waals surface area (Å²) in [7, 11) is -3.66. The first kappa shape index (κ1) is 24.7. The number of hydrogen-bond donors (Lipinski definition) is 1. The van der Waals surface area contributed by atoms with E-state index in [9.17, 15) is 13.2 Å². The average Bonchev–Trinajstić information content (AvgIpc) is 3.21. The van der Waals surface area contributed by atoms with Gasteiger partial charge in [0.15, 0.2) is 0 Å². The van der Waals surface area contributed by atoms with E-state index < -0.39 is 15.9 Å². The zero-order valence-electron chi connectivity index (χ0n) is 20.2. The maximum atomic E-state index is 12.7. The molecule has 182 valence electrons. The monoisotopic (exact) mass is 489 g/mol. The molecule has 0 radical (unpaired) electrons. The number of benzene rings is 3. The largest absolute Gasteiger partial charge is 0.323 e. The van der Waals surface area contributed by atoms with Crippen molar-refractivity contribution in [2.24, 2.45) is 0 Å². The van der Waals surface area contributed by atoms with Gasteiger partial charge in [-0.3, -0.25) is 4.79 Å². The van der Waals surface area contributed by atoms with Crippen molar-refractivity contribution in [3.05, 3.63) is 89.7 Å². The normalized spacial score (nSPS) is 11.6. The van der Waals surface area contributed by atoms with Crippen molar-refractivity contribution < 1.29 is 13.2 Å². The molecule has 1 heterocycles. The minimum atomic E-state index is -3.66. The second kappa shape index (κ2) is 10.9. The summed E-state index contributed by atoms with van der Waals surface area (Å²) in [5.41, 5.74) is 5.34. The molecule has 1 aromatic heterocycles. The third-order valence-corrected chi connectivity index (χ3v) is 7.39. The van der Waals surface area contributed by atoms with Gasteiger partial charge >= 0.3 is 0 Å². The van der Waals surface area contributed by atoms with E-state index in [1.165, 1.54) is 5.56 Å². The predicted octanol–water partition coefficient (Wildman–Crippen LogP) is 5.56. The van der Waals surface area contributed by atoms with Crippen LogP contribution in [0.15, 0.2) is 72.8 Å². The number of aromatic nitrogens is 2. The molecule has 4 rings (SSSR count). The zero-order chi connectivity index (χ0) is 24.8. The number of nitrogens with zero attached hydrogens (tertiary/aromatic N) is 2. The minimum Gasteiger partial charge on any atom is -0.323 e. The molecule has 0 aliphatic rings. The number of carbonyl (C=O) groups excluding carboxylic acids is 1. The van der Waals surface area contributed by atoms with Gasteiger partial charge in [-0.15, -0.1) is 0 Å². The Morgan fingerprint density at radius 3 is 2.31 bits per heavy atom. The van der Waals surface area contributed by atoms with E-state index in [-0.39, 0.29) is 5.75 Å². The lowest BCUT2D eigenvalue weighted by Gasteiger charge is -2.11. The molecule has 7 heteroatoms. The predicted molar refractivity (Wildman–Crippen MR) is 141 cm³/mol. The van der Waals surface area contributed by atoms with Crippen LogP contribution >= 0.6 is 0 Å². The molecule has 0 unspecified atom stereocenters. The van der Waals surface area contributed by atoms with Crippen LogP contribution in [0.3, 0.4) is 0 Å². The van der Waals surface area contributed by atoms with E-state index in [4.69, 9.17) is 4.98 Å². The molecule has 35 heavy (non-hydrogen) atoms. The van der Waals surface area contributed by atoms with E-state index in [1.807, 2.05) is 32.0 Å². The maximum Gasteiger partial charge on any atom is 0.264 e. The number of hydrogen-bond acceptors (Lipinski definition) is 4. The number of fused-ring (bicyclic) bond motifs is 1. The van der Waals surface area contributed by atoms with Crippen LogP contribution in [-0.4, -0.2) is 29.6 Å². The van der Waals surface area contributed by atoms with Crippen molar-refractivity contribution in [3.63, 3.8) is 0 Å². The van der Waals surface area contributed by atoms with Gasteiger partial charge in [0.05, 0.1) is 16.8 Å². The van der Waals surface area contributed by atoms with E-state index in [0.29, 0.717) is 18.5 Å². The second-order valence-corrected chi connectivity index (χ2v) is 10.5. The lowest BCUT2D eigenvalue weighted by Crippen LogP contribution is -2.32. The minimum absolute atomic E-state index is 0.0499. The topological polar surface area (TPSA) is 81.1 Å². The molecular formula is C28H31N3O3S. The van der Waals surface area contributed by atoms with Crippen LogP contribution in [0.2, 0.25) is 0 Å². The first-order chi connectivity index (χ1) is 16.9. The van der Waals surface area contributed by atoms with Crippen LogP contribution < -0.4 is 4.72 Å². The van der Waals surface area contributed by atoms with Crippen molar-refractivity contribution in [2.75, 3.05) is 5.75 Å². The molecule has 6 nitrogen and oxygen atoms in total. The molecule has 0 bridgehead atoms. The Morgan fingerprint density at radius 1 is 0.914 bits per heavy atom. The Morgan fingerprint density at radius 2 is 1.63 bits per heavy atom. The molecule has 0 aliphatic carbocycles. The highest BCUT2D eigenvalue weighted by atomic mass is 32.2. The standard InChI is InChI=1S/C28H31N3O3S/c1-3-5-9-18-35(33,34)30-28(32)24-16-17-25-26(19-24)31(27(4-2)29-25)20-21-12-14-23(15-13-21)22-10-7-6-8-11-22/h6-8,10-17,19H,3-5,9,18,20H2,1-2H3,(H,30,32). The summed E-state index contributed by atoms with van der Waals surface area (Å²) >= 11 is 0. The van der Waals surface area contributed by atoms with Gasteiger partial charge in [-0.2, -0.15) is 0 Å². The number of rotatable bonds is 10. The Kier molecular flexibility index (Phi) is 7.66. The van der Waals surface area contributed by atoms with Gasteiger partial charge in [0, 0.05) is 18.5 Å². The van der Waals surface area contributed by atoms with Crippen molar-refractivity contribution in [2.45, 2.75) is 46.1 Å². The average molecular weight is 490 g/mol. The fourth-order valence-electron chi connectivity index (χ4n) is 4.17.